The molecule has 0 N–H and O–H groups in total. The van der Waals surface area contributed by atoms with Crippen LogP contribution in [-0.4, -0.2) is 48.9 Å². The zero-order chi connectivity index (χ0) is 29.4. The predicted molar refractivity (Wildman–Crippen MR) is 158 cm³/mol. The Kier molecular flexibility index (Phi) is 7.15. The maximum absolute atomic E-state index is 12.6. The van der Waals surface area contributed by atoms with Gasteiger partial charge < -0.3 is 4.74 Å². The molecular formula is C30H23F3N6O2S. The number of hydrogen-bond donors (Lipinski definition) is 0. The SMILES string of the molecule is CC(C)c1ccccc1N=C1SCC(=O)N1/N=C/c1cc2ccc3c(ncn3-c3ccc(OC(F)(F)F)cc3)c2cn1. The molecule has 212 valence electrons. The average molecular weight is 589 g/mol. The van der Waals surface area contributed by atoms with Crippen molar-refractivity contribution in [2.24, 2.45) is 10.1 Å². The van der Waals surface area contributed by atoms with E-state index >= 15 is 0 Å². The number of thioether (sulfide) groups is 1. The molecule has 12 heteroatoms. The van der Waals surface area contributed by atoms with Crippen molar-refractivity contribution in [1.82, 2.24) is 19.5 Å². The number of aromatic nitrogens is 3. The van der Waals surface area contributed by atoms with Gasteiger partial charge in [0, 0.05) is 17.3 Å². The maximum Gasteiger partial charge on any atom is 0.573 e. The molecule has 0 aliphatic carbocycles. The van der Waals surface area contributed by atoms with Gasteiger partial charge in [0.15, 0.2) is 5.17 Å². The van der Waals surface area contributed by atoms with E-state index in [4.69, 9.17) is 4.99 Å². The molecule has 1 aliphatic rings. The van der Waals surface area contributed by atoms with Crippen LogP contribution in [0.1, 0.15) is 31.0 Å². The second-order valence-electron chi connectivity index (χ2n) is 9.77. The molecular weight excluding hydrogens is 565 g/mol. The van der Waals surface area contributed by atoms with Crippen LogP contribution in [-0.2, 0) is 4.79 Å². The molecule has 2 aromatic heterocycles. The molecule has 8 nitrogen and oxygen atoms in total. The highest BCUT2D eigenvalue weighted by molar-refractivity contribution is 8.15. The summed E-state index contributed by atoms with van der Waals surface area (Å²) in [6.45, 7) is 4.19. The molecule has 0 radical (unpaired) electrons. The van der Waals surface area contributed by atoms with E-state index < -0.39 is 6.36 Å². The van der Waals surface area contributed by atoms with Crippen molar-refractivity contribution in [3.8, 4) is 11.4 Å². The monoisotopic (exact) mass is 588 g/mol. The summed E-state index contributed by atoms with van der Waals surface area (Å²) >= 11 is 1.34. The first-order valence-electron chi connectivity index (χ1n) is 13.0. The molecule has 3 aromatic carbocycles. The van der Waals surface area contributed by atoms with Crippen LogP contribution < -0.4 is 4.74 Å². The lowest BCUT2D eigenvalue weighted by atomic mass is 10.0. The van der Waals surface area contributed by atoms with Crippen molar-refractivity contribution < 1.29 is 22.7 Å². The number of carbonyl (C=O) groups is 1. The zero-order valence-electron chi connectivity index (χ0n) is 22.4. The van der Waals surface area contributed by atoms with E-state index in [0.29, 0.717) is 22.1 Å². The van der Waals surface area contributed by atoms with Gasteiger partial charge in [-0.15, -0.1) is 13.2 Å². The van der Waals surface area contributed by atoms with Gasteiger partial charge in [0.25, 0.3) is 5.91 Å². The van der Waals surface area contributed by atoms with Crippen molar-refractivity contribution in [1.29, 1.82) is 0 Å². The molecule has 1 amide bonds. The molecule has 0 saturated carbocycles. The van der Waals surface area contributed by atoms with Crippen molar-refractivity contribution >= 4 is 56.5 Å². The number of carbonyl (C=O) groups excluding carboxylic acids is 1. The summed E-state index contributed by atoms with van der Waals surface area (Å²) in [5.74, 6) is 0.0717. The fourth-order valence-corrected chi connectivity index (χ4v) is 5.46. The van der Waals surface area contributed by atoms with Crippen LogP contribution in [0.4, 0.5) is 18.9 Å². The highest BCUT2D eigenvalue weighted by atomic mass is 32.2. The highest BCUT2D eigenvalue weighted by Crippen LogP contribution is 2.31. The van der Waals surface area contributed by atoms with E-state index in [1.54, 1.807) is 17.1 Å². The second-order valence-corrected chi connectivity index (χ2v) is 10.7. The first kappa shape index (κ1) is 27.5. The van der Waals surface area contributed by atoms with Crippen LogP contribution in [0.5, 0.6) is 5.75 Å². The first-order valence-corrected chi connectivity index (χ1v) is 13.9. The van der Waals surface area contributed by atoms with Crippen LogP contribution >= 0.6 is 11.8 Å². The molecule has 3 heterocycles. The molecule has 6 rings (SSSR count). The topological polar surface area (TPSA) is 85.0 Å². The van der Waals surface area contributed by atoms with E-state index in [-0.39, 0.29) is 23.3 Å². The van der Waals surface area contributed by atoms with Crippen LogP contribution in [0.3, 0.4) is 0 Å². The van der Waals surface area contributed by atoms with E-state index in [9.17, 15) is 18.0 Å². The standard InChI is InChI=1S/C30H23F3N6O2S/c1-18(2)23-5-3-4-6-25(23)37-29-39(27(40)16-42-29)36-14-20-13-19-7-12-26-28(24(19)15-34-20)35-17-38(26)21-8-10-22(11-9-21)41-30(31,32)33/h3-15,17-18H,16H2,1-2H3/b36-14+,37-29?. The molecule has 1 aliphatic heterocycles. The summed E-state index contributed by atoms with van der Waals surface area (Å²) < 4.78 is 43.2. The van der Waals surface area contributed by atoms with E-state index in [2.05, 4.69) is 33.7 Å². The minimum atomic E-state index is -4.75. The van der Waals surface area contributed by atoms with Gasteiger partial charge in [-0.3, -0.25) is 14.3 Å². The molecule has 0 spiro atoms. The summed E-state index contributed by atoms with van der Waals surface area (Å²) in [4.78, 5) is 26.4. The number of nitrogens with zero attached hydrogens (tertiary/aromatic N) is 6. The number of amides is 1. The van der Waals surface area contributed by atoms with E-state index in [1.165, 1.54) is 47.3 Å². The number of rotatable bonds is 6. The number of para-hydroxylation sites is 1. The van der Waals surface area contributed by atoms with Crippen LogP contribution in [0.15, 0.2) is 89.3 Å². The third-order valence-corrected chi connectivity index (χ3v) is 7.52. The Morgan fingerprint density at radius 1 is 1.05 bits per heavy atom. The Morgan fingerprint density at radius 2 is 1.83 bits per heavy atom. The summed E-state index contributed by atoms with van der Waals surface area (Å²) in [5, 5.41) is 7.89. The Morgan fingerprint density at radius 3 is 2.60 bits per heavy atom. The lowest BCUT2D eigenvalue weighted by Gasteiger charge is -2.12. The molecule has 1 fully saturated rings. The first-order chi connectivity index (χ1) is 20.2. The summed E-state index contributed by atoms with van der Waals surface area (Å²) in [5.41, 5.74) is 4.52. The minimum Gasteiger partial charge on any atom is -0.406 e. The summed E-state index contributed by atoms with van der Waals surface area (Å²) in [6.07, 6.45) is 0.0663. The van der Waals surface area contributed by atoms with Crippen LogP contribution in [0, 0.1) is 0 Å². The normalized spacial score (nSPS) is 15.2. The highest BCUT2D eigenvalue weighted by Gasteiger charge is 2.31. The Bertz CT molecular complexity index is 1870. The van der Waals surface area contributed by atoms with Crippen molar-refractivity contribution in [2.45, 2.75) is 26.1 Å². The quantitative estimate of drug-likeness (QED) is 0.196. The summed E-state index contributed by atoms with van der Waals surface area (Å²) in [7, 11) is 0. The number of hydrazone groups is 1. The number of ether oxygens (including phenoxy) is 1. The number of imidazole rings is 1. The number of amidine groups is 1. The fraction of sp³-hybridized carbons (Fsp3) is 0.167. The lowest BCUT2D eigenvalue weighted by Crippen LogP contribution is -2.24. The van der Waals surface area contributed by atoms with Gasteiger partial charge in [0.1, 0.15) is 12.1 Å². The Balaban J connectivity index is 1.26. The van der Waals surface area contributed by atoms with Crippen molar-refractivity contribution in [2.75, 3.05) is 5.75 Å². The van der Waals surface area contributed by atoms with Gasteiger partial charge >= 0.3 is 6.36 Å². The zero-order valence-corrected chi connectivity index (χ0v) is 23.2. The Hall–Kier alpha value is -4.71. The maximum atomic E-state index is 12.6. The molecule has 1 saturated heterocycles. The smallest absolute Gasteiger partial charge is 0.406 e. The molecule has 0 bridgehead atoms. The van der Waals surface area contributed by atoms with Gasteiger partial charge in [-0.2, -0.15) is 10.1 Å². The largest absolute Gasteiger partial charge is 0.573 e. The average Bonchev–Trinajstić information content (AvgIpc) is 3.55. The second kappa shape index (κ2) is 10.9. The number of benzene rings is 3. The fourth-order valence-electron chi connectivity index (χ4n) is 4.65. The number of aliphatic imine (C=N–C) groups is 1. The number of hydrogen-bond acceptors (Lipinski definition) is 7. The lowest BCUT2D eigenvalue weighted by molar-refractivity contribution is -0.274. The van der Waals surface area contributed by atoms with E-state index in [0.717, 1.165) is 27.5 Å². The number of pyridine rings is 1. The van der Waals surface area contributed by atoms with Gasteiger partial charge in [0.05, 0.1) is 34.4 Å². The van der Waals surface area contributed by atoms with Gasteiger partial charge in [-0.25, -0.2) is 9.98 Å². The third kappa shape index (κ3) is 5.57. The molecule has 0 unspecified atom stereocenters. The number of fused-ring (bicyclic) bond motifs is 3. The molecule has 5 aromatic rings. The van der Waals surface area contributed by atoms with Crippen LogP contribution in [0.2, 0.25) is 0 Å². The van der Waals surface area contributed by atoms with E-state index in [1.807, 2.05) is 42.5 Å². The number of alkyl halides is 3. The Labute approximate surface area is 242 Å². The van der Waals surface area contributed by atoms with Crippen LogP contribution in [0.25, 0.3) is 27.5 Å². The molecule has 0 atom stereocenters. The minimum absolute atomic E-state index is 0.164. The summed E-state index contributed by atoms with van der Waals surface area (Å²) in [6, 6.07) is 19.0. The van der Waals surface area contributed by atoms with Crippen molar-refractivity contribution in [3.63, 3.8) is 0 Å². The number of halogens is 3. The third-order valence-electron chi connectivity index (χ3n) is 6.61. The predicted octanol–water partition coefficient (Wildman–Crippen LogP) is 7.19. The van der Waals surface area contributed by atoms with Gasteiger partial charge in [-0.1, -0.05) is 49.9 Å². The van der Waals surface area contributed by atoms with Crippen molar-refractivity contribution in [3.05, 3.63) is 90.5 Å². The van der Waals surface area contributed by atoms with Gasteiger partial charge in [-0.05, 0) is 59.3 Å². The molecule has 42 heavy (non-hydrogen) atoms. The van der Waals surface area contributed by atoms with Gasteiger partial charge in [0.2, 0.25) is 0 Å².